The van der Waals surface area contributed by atoms with E-state index in [4.69, 9.17) is 28.9 Å². The Morgan fingerprint density at radius 3 is 2.35 bits per heavy atom. The molecule has 0 bridgehead atoms. The lowest BCUT2D eigenvalue weighted by molar-refractivity contribution is -0.259. The summed E-state index contributed by atoms with van der Waals surface area (Å²) < 4.78 is 57.0. The minimum atomic E-state index is -5.11. The lowest BCUT2D eigenvalue weighted by atomic mass is 9.89. The minimum Gasteiger partial charge on any atom is -0.493 e. The van der Waals surface area contributed by atoms with Crippen LogP contribution < -0.4 is 10.5 Å². The highest BCUT2D eigenvalue weighted by Gasteiger charge is 2.58. The third kappa shape index (κ3) is 2.95. The van der Waals surface area contributed by atoms with Crippen LogP contribution in [0.4, 0.5) is 17.6 Å². The summed E-state index contributed by atoms with van der Waals surface area (Å²) in [6, 6.07) is -0.232. The second-order valence-electron chi connectivity index (χ2n) is 4.04. The van der Waals surface area contributed by atoms with Crippen LogP contribution in [0.15, 0.2) is 12.1 Å². The van der Waals surface area contributed by atoms with Crippen molar-refractivity contribution >= 4 is 23.2 Å². The summed E-state index contributed by atoms with van der Waals surface area (Å²) in [5, 5.41) is 9.49. The van der Waals surface area contributed by atoms with Crippen molar-refractivity contribution in [2.45, 2.75) is 17.8 Å². The van der Waals surface area contributed by atoms with Crippen molar-refractivity contribution in [3.8, 4) is 5.75 Å². The number of rotatable bonds is 4. The SMILES string of the molecule is COc1c(F)cc(Cl)cc1C(N)C(O)(CCl)C(F)(F)F. The van der Waals surface area contributed by atoms with Gasteiger partial charge >= 0.3 is 6.18 Å². The molecular formula is C11H11Cl2F4NO2. The molecule has 20 heavy (non-hydrogen) atoms. The van der Waals surface area contributed by atoms with Crippen molar-refractivity contribution < 1.29 is 27.4 Å². The maximum Gasteiger partial charge on any atom is 0.420 e. The number of ether oxygens (including phenoxy) is 1. The Hall–Kier alpha value is -0.760. The molecule has 3 N–H and O–H groups in total. The van der Waals surface area contributed by atoms with Crippen molar-refractivity contribution in [2.75, 3.05) is 13.0 Å². The summed E-state index contributed by atoms with van der Waals surface area (Å²) >= 11 is 10.8. The molecule has 114 valence electrons. The van der Waals surface area contributed by atoms with E-state index in [9.17, 15) is 22.7 Å². The molecule has 0 aromatic heterocycles. The maximum absolute atomic E-state index is 13.6. The smallest absolute Gasteiger partial charge is 0.420 e. The Morgan fingerprint density at radius 1 is 1.40 bits per heavy atom. The lowest BCUT2D eigenvalue weighted by Crippen LogP contribution is -2.54. The molecule has 0 radical (unpaired) electrons. The van der Waals surface area contributed by atoms with Crippen LogP contribution in [0.2, 0.25) is 5.02 Å². The molecule has 0 saturated carbocycles. The summed E-state index contributed by atoms with van der Waals surface area (Å²) in [7, 11) is 1.05. The van der Waals surface area contributed by atoms with Crippen LogP contribution in [-0.2, 0) is 0 Å². The van der Waals surface area contributed by atoms with E-state index in [1.807, 2.05) is 0 Å². The van der Waals surface area contributed by atoms with E-state index in [1.54, 1.807) is 0 Å². The van der Waals surface area contributed by atoms with Gasteiger partial charge in [-0.15, -0.1) is 11.6 Å². The van der Waals surface area contributed by atoms with E-state index in [2.05, 4.69) is 4.74 Å². The van der Waals surface area contributed by atoms with Crippen LogP contribution in [0.3, 0.4) is 0 Å². The van der Waals surface area contributed by atoms with Gasteiger partial charge in [0.25, 0.3) is 0 Å². The highest BCUT2D eigenvalue weighted by atomic mass is 35.5. The first-order chi connectivity index (χ1) is 9.08. The van der Waals surface area contributed by atoms with Crippen molar-refractivity contribution in [3.05, 3.63) is 28.5 Å². The second-order valence-corrected chi connectivity index (χ2v) is 4.75. The molecular weight excluding hydrogens is 325 g/mol. The third-order valence-corrected chi connectivity index (χ3v) is 3.41. The van der Waals surface area contributed by atoms with E-state index in [0.29, 0.717) is 0 Å². The predicted molar refractivity (Wildman–Crippen MR) is 66.6 cm³/mol. The highest BCUT2D eigenvalue weighted by Crippen LogP contribution is 2.43. The molecule has 2 unspecified atom stereocenters. The van der Waals surface area contributed by atoms with Crippen LogP contribution in [0, 0.1) is 5.82 Å². The molecule has 0 fully saturated rings. The number of alkyl halides is 4. The monoisotopic (exact) mass is 335 g/mol. The largest absolute Gasteiger partial charge is 0.493 e. The summed E-state index contributed by atoms with van der Waals surface area (Å²) in [5.41, 5.74) is 1.55. The number of methoxy groups -OCH3 is 1. The van der Waals surface area contributed by atoms with Gasteiger partial charge in [-0.05, 0) is 12.1 Å². The molecule has 1 rings (SSSR count). The van der Waals surface area contributed by atoms with Gasteiger partial charge < -0.3 is 15.6 Å². The van der Waals surface area contributed by atoms with Crippen LogP contribution >= 0.6 is 23.2 Å². The first kappa shape index (κ1) is 17.3. The third-order valence-electron chi connectivity index (χ3n) is 2.79. The molecule has 2 atom stereocenters. The van der Waals surface area contributed by atoms with Crippen molar-refractivity contribution in [1.29, 1.82) is 0 Å². The predicted octanol–water partition coefficient (Wildman–Crippen LogP) is 3.02. The zero-order valence-corrected chi connectivity index (χ0v) is 11.7. The average Bonchev–Trinajstić information content (AvgIpc) is 2.34. The molecule has 0 aliphatic heterocycles. The first-order valence-corrected chi connectivity index (χ1v) is 6.13. The Balaban J connectivity index is 3.44. The van der Waals surface area contributed by atoms with Crippen LogP contribution in [0.5, 0.6) is 5.75 Å². The molecule has 0 aliphatic carbocycles. The fourth-order valence-electron chi connectivity index (χ4n) is 1.62. The van der Waals surface area contributed by atoms with Crippen LogP contribution in [0.1, 0.15) is 11.6 Å². The van der Waals surface area contributed by atoms with Gasteiger partial charge in [-0.3, -0.25) is 0 Å². The quantitative estimate of drug-likeness (QED) is 0.656. The number of aliphatic hydroxyl groups is 1. The number of hydrogen-bond acceptors (Lipinski definition) is 3. The zero-order chi connectivity index (χ0) is 15.7. The van der Waals surface area contributed by atoms with E-state index < -0.39 is 40.8 Å². The van der Waals surface area contributed by atoms with Crippen LogP contribution in [-0.4, -0.2) is 29.9 Å². The summed E-state index contributed by atoms with van der Waals surface area (Å²) in [4.78, 5) is 0. The summed E-state index contributed by atoms with van der Waals surface area (Å²) in [6.07, 6.45) is -5.11. The molecule has 9 heteroatoms. The van der Waals surface area contributed by atoms with Crippen molar-refractivity contribution in [1.82, 2.24) is 0 Å². The topological polar surface area (TPSA) is 55.5 Å². The zero-order valence-electron chi connectivity index (χ0n) is 10.1. The van der Waals surface area contributed by atoms with Gasteiger partial charge in [-0.25, -0.2) is 4.39 Å². The Labute approximate surface area is 122 Å². The molecule has 0 amide bonds. The van der Waals surface area contributed by atoms with Crippen molar-refractivity contribution in [3.63, 3.8) is 0 Å². The van der Waals surface area contributed by atoms with Gasteiger partial charge in [-0.1, -0.05) is 11.6 Å². The normalized spacial score (nSPS) is 16.6. The molecule has 0 spiro atoms. The first-order valence-electron chi connectivity index (χ1n) is 5.22. The number of halogens is 6. The molecule has 0 heterocycles. The highest BCUT2D eigenvalue weighted by molar-refractivity contribution is 6.30. The average molecular weight is 336 g/mol. The van der Waals surface area contributed by atoms with Gasteiger partial charge in [0.15, 0.2) is 17.2 Å². The summed E-state index contributed by atoms with van der Waals surface area (Å²) in [6.45, 7) is 0. The van der Waals surface area contributed by atoms with Gasteiger partial charge in [0.05, 0.1) is 19.0 Å². The molecule has 3 nitrogen and oxygen atoms in total. The van der Waals surface area contributed by atoms with Gasteiger partial charge in [0.1, 0.15) is 0 Å². The van der Waals surface area contributed by atoms with Crippen molar-refractivity contribution in [2.24, 2.45) is 5.73 Å². The Bertz CT molecular complexity index is 498. The van der Waals surface area contributed by atoms with E-state index in [1.165, 1.54) is 0 Å². The molecule has 0 aliphatic rings. The fourth-order valence-corrected chi connectivity index (χ4v) is 2.15. The molecule has 1 aromatic carbocycles. The van der Waals surface area contributed by atoms with E-state index in [-0.39, 0.29) is 5.02 Å². The maximum atomic E-state index is 13.6. The Kier molecular flexibility index (Phi) is 5.13. The van der Waals surface area contributed by atoms with Crippen LogP contribution in [0.25, 0.3) is 0 Å². The van der Waals surface area contributed by atoms with Gasteiger partial charge in [0, 0.05) is 10.6 Å². The second kappa shape index (κ2) is 5.93. The van der Waals surface area contributed by atoms with Gasteiger partial charge in [-0.2, -0.15) is 13.2 Å². The fraction of sp³-hybridized carbons (Fsp3) is 0.455. The van der Waals surface area contributed by atoms with E-state index >= 15 is 0 Å². The molecule has 1 aromatic rings. The number of benzene rings is 1. The number of nitrogens with two attached hydrogens (primary N) is 1. The summed E-state index contributed by atoms with van der Waals surface area (Å²) in [5.74, 6) is -2.76. The van der Waals surface area contributed by atoms with E-state index in [0.717, 1.165) is 19.2 Å². The van der Waals surface area contributed by atoms with Gasteiger partial charge in [0.2, 0.25) is 0 Å². The minimum absolute atomic E-state index is 0.187. The number of hydrogen-bond donors (Lipinski definition) is 2. The lowest BCUT2D eigenvalue weighted by Gasteiger charge is -2.34. The standard InChI is InChI=1S/C11H11Cl2F4NO2/c1-20-8-6(2-5(13)3-7(8)14)9(18)10(19,4-12)11(15,16)17/h2-3,9,19H,4,18H2,1H3. The Morgan fingerprint density at radius 2 is 1.95 bits per heavy atom. The molecule has 0 saturated heterocycles.